The van der Waals surface area contributed by atoms with E-state index in [2.05, 4.69) is 64.7 Å². The number of fused-ring (bicyclic) bond motifs is 2. The minimum absolute atomic E-state index is 0.0279. The molecule has 7 rings (SSSR count). The number of hydrogen-bond acceptors (Lipinski definition) is 8. The molecule has 0 saturated heterocycles. The van der Waals surface area contributed by atoms with Gasteiger partial charge >= 0.3 is 0 Å². The Kier molecular flexibility index (Phi) is 6.73. The second-order valence-electron chi connectivity index (χ2n) is 10.4. The molecule has 208 valence electrons. The zero-order valence-corrected chi connectivity index (χ0v) is 24.1. The monoisotopic (exact) mass is 565 g/mol. The molecule has 0 aliphatic carbocycles. The number of likely N-dealkylation sites (N-methyl/N-ethyl adjacent to an activating group) is 1. The molecule has 0 spiro atoms. The third kappa shape index (κ3) is 4.77. The van der Waals surface area contributed by atoms with Crippen molar-refractivity contribution in [2.24, 2.45) is 4.99 Å². The second kappa shape index (κ2) is 10.7. The fraction of sp³-hybridized carbons (Fsp3) is 0.242. The van der Waals surface area contributed by atoms with Gasteiger partial charge in [-0.05, 0) is 77.9 Å². The quantitative estimate of drug-likeness (QED) is 0.364. The third-order valence-electron chi connectivity index (χ3n) is 7.75. The molecule has 0 amide bonds. The Balaban J connectivity index is 1.34. The second-order valence-corrected chi connectivity index (χ2v) is 11.2. The summed E-state index contributed by atoms with van der Waals surface area (Å²) in [4.78, 5) is 10.1. The number of rotatable bonds is 5. The average Bonchev–Trinajstić information content (AvgIpc) is 3.44. The molecule has 0 bridgehead atoms. The molecule has 8 heteroatoms. The van der Waals surface area contributed by atoms with Crippen molar-refractivity contribution in [1.82, 2.24) is 9.80 Å². The van der Waals surface area contributed by atoms with Crippen molar-refractivity contribution in [3.63, 3.8) is 0 Å². The van der Waals surface area contributed by atoms with Crippen LogP contribution in [0.5, 0.6) is 23.0 Å². The van der Waals surface area contributed by atoms with Crippen molar-refractivity contribution in [1.29, 1.82) is 0 Å². The van der Waals surface area contributed by atoms with Crippen molar-refractivity contribution in [2.75, 3.05) is 47.6 Å². The van der Waals surface area contributed by atoms with Crippen LogP contribution in [-0.2, 0) is 0 Å². The smallest absolute Gasteiger partial charge is 0.174 e. The van der Waals surface area contributed by atoms with E-state index in [0.29, 0.717) is 13.2 Å². The number of aliphatic imine (C=N–C) groups is 1. The van der Waals surface area contributed by atoms with Crippen LogP contribution in [0.15, 0.2) is 94.0 Å². The molecule has 0 N–H and O–H groups in total. The minimum atomic E-state index is -0.0279. The molecule has 4 aliphatic rings. The van der Waals surface area contributed by atoms with Gasteiger partial charge in [-0.3, -0.25) is 4.90 Å². The van der Waals surface area contributed by atoms with Crippen LogP contribution in [0.4, 0.5) is 0 Å². The molecule has 3 aromatic rings. The maximum absolute atomic E-state index is 5.93. The van der Waals surface area contributed by atoms with E-state index in [1.165, 1.54) is 16.7 Å². The molecule has 4 heterocycles. The van der Waals surface area contributed by atoms with Crippen molar-refractivity contribution in [3.05, 3.63) is 106 Å². The Hall–Kier alpha value is -4.14. The Morgan fingerprint density at radius 3 is 2.32 bits per heavy atom. The normalized spacial score (nSPS) is 20.8. The van der Waals surface area contributed by atoms with Gasteiger partial charge in [0.2, 0.25) is 0 Å². The first kappa shape index (κ1) is 25.8. The van der Waals surface area contributed by atoms with Crippen LogP contribution in [0, 0.1) is 0 Å². The van der Waals surface area contributed by atoms with Gasteiger partial charge in [-0.15, -0.1) is 0 Å². The summed E-state index contributed by atoms with van der Waals surface area (Å²) >= 11 is 1.67. The summed E-state index contributed by atoms with van der Waals surface area (Å²) in [5, 5.41) is 3.18. The number of ether oxygens (including phenoxy) is 4. The molecule has 41 heavy (non-hydrogen) atoms. The number of methoxy groups -OCH3 is 2. The lowest BCUT2D eigenvalue weighted by Crippen LogP contribution is -2.40. The van der Waals surface area contributed by atoms with Crippen LogP contribution in [0.1, 0.15) is 22.7 Å². The lowest BCUT2D eigenvalue weighted by Gasteiger charge is -2.42. The molecular weight excluding hydrogens is 534 g/mol. The Labute approximate surface area is 244 Å². The summed E-state index contributed by atoms with van der Waals surface area (Å²) in [5.74, 6) is 3.26. The highest BCUT2D eigenvalue weighted by atomic mass is 32.2. The Bertz CT molecular complexity index is 1610. The SMILES string of the molecule is COc1ccc(/C=C2\CN(C)CC3=C2N=C2SC=C(c4ccc5c(c4)OCCO5)N2[C@@H]3c2ccc(OC)cc2)cc1. The molecule has 0 saturated carbocycles. The van der Waals surface area contributed by atoms with Crippen LogP contribution < -0.4 is 18.9 Å². The molecule has 0 fully saturated rings. The first-order valence-corrected chi connectivity index (χ1v) is 14.5. The maximum atomic E-state index is 5.93. The van der Waals surface area contributed by atoms with Crippen LogP contribution in [0.2, 0.25) is 0 Å². The topological polar surface area (TPSA) is 55.8 Å². The predicted molar refractivity (Wildman–Crippen MR) is 164 cm³/mol. The van der Waals surface area contributed by atoms with Crippen molar-refractivity contribution in [2.45, 2.75) is 6.04 Å². The van der Waals surface area contributed by atoms with E-state index in [0.717, 1.165) is 63.8 Å². The zero-order chi connectivity index (χ0) is 27.9. The number of hydrogen-bond donors (Lipinski definition) is 0. The van der Waals surface area contributed by atoms with E-state index < -0.39 is 0 Å². The molecule has 7 nitrogen and oxygen atoms in total. The summed E-state index contributed by atoms with van der Waals surface area (Å²) in [6.45, 7) is 2.77. The van der Waals surface area contributed by atoms with Crippen LogP contribution in [0.25, 0.3) is 11.8 Å². The first-order chi connectivity index (χ1) is 20.1. The molecule has 0 aromatic heterocycles. The minimum Gasteiger partial charge on any atom is -0.497 e. The van der Waals surface area contributed by atoms with Crippen molar-refractivity contribution < 1.29 is 18.9 Å². The van der Waals surface area contributed by atoms with E-state index in [1.807, 2.05) is 30.3 Å². The maximum Gasteiger partial charge on any atom is 0.174 e. The van der Waals surface area contributed by atoms with E-state index in [4.69, 9.17) is 23.9 Å². The zero-order valence-electron chi connectivity index (χ0n) is 23.3. The molecule has 4 aliphatic heterocycles. The summed E-state index contributed by atoms with van der Waals surface area (Å²) in [7, 11) is 5.57. The number of thioether (sulfide) groups is 1. The fourth-order valence-electron chi connectivity index (χ4n) is 5.82. The summed E-state index contributed by atoms with van der Waals surface area (Å²) in [5.41, 5.74) is 8.06. The van der Waals surface area contributed by atoms with Gasteiger partial charge in [0.05, 0.1) is 31.7 Å². The Morgan fingerprint density at radius 2 is 1.59 bits per heavy atom. The first-order valence-electron chi connectivity index (χ1n) is 13.7. The largest absolute Gasteiger partial charge is 0.497 e. The molecule has 0 radical (unpaired) electrons. The van der Waals surface area contributed by atoms with Crippen LogP contribution >= 0.6 is 11.8 Å². The predicted octanol–water partition coefficient (Wildman–Crippen LogP) is 6.22. The van der Waals surface area contributed by atoms with Gasteiger partial charge in [0.1, 0.15) is 24.7 Å². The van der Waals surface area contributed by atoms with Gasteiger partial charge < -0.3 is 23.8 Å². The molecule has 1 atom stereocenters. The van der Waals surface area contributed by atoms with E-state index in [9.17, 15) is 0 Å². The van der Waals surface area contributed by atoms with E-state index in [-0.39, 0.29) is 6.04 Å². The average molecular weight is 566 g/mol. The highest BCUT2D eigenvalue weighted by Gasteiger charge is 2.41. The fourth-order valence-corrected chi connectivity index (χ4v) is 6.75. The van der Waals surface area contributed by atoms with Crippen molar-refractivity contribution >= 4 is 28.7 Å². The molecule has 3 aromatic carbocycles. The summed E-state index contributed by atoms with van der Waals surface area (Å²) in [6.07, 6.45) is 2.25. The highest BCUT2D eigenvalue weighted by Crippen LogP contribution is 2.50. The standard InChI is InChI=1S/C33H31N3O4S/c1-35-18-24(16-21-4-9-25(37-2)10-5-21)31-27(19-35)32(22-6-11-26(38-3)12-7-22)36-28(20-41-33(36)34-31)23-8-13-29-30(17-23)40-15-14-39-29/h4-13,16-17,20,32H,14-15,18-19H2,1-3H3/b24-16+/t32-/m1/s1. The molecular formula is C33H31N3O4S. The molecule has 0 unspecified atom stereocenters. The van der Waals surface area contributed by atoms with Gasteiger partial charge in [-0.2, -0.15) is 0 Å². The number of nitrogens with zero attached hydrogens (tertiary/aromatic N) is 3. The van der Waals surface area contributed by atoms with E-state index >= 15 is 0 Å². The van der Waals surface area contributed by atoms with Gasteiger partial charge in [0, 0.05) is 24.1 Å². The third-order valence-corrected chi connectivity index (χ3v) is 8.59. The van der Waals surface area contributed by atoms with E-state index in [1.54, 1.807) is 26.0 Å². The summed E-state index contributed by atoms with van der Waals surface area (Å²) < 4.78 is 22.6. The highest BCUT2D eigenvalue weighted by molar-refractivity contribution is 8.16. The lowest BCUT2D eigenvalue weighted by molar-refractivity contribution is 0.171. The van der Waals surface area contributed by atoms with Crippen molar-refractivity contribution in [3.8, 4) is 23.0 Å². The van der Waals surface area contributed by atoms with Gasteiger partial charge in [0.15, 0.2) is 16.7 Å². The van der Waals surface area contributed by atoms with Gasteiger partial charge in [-0.25, -0.2) is 4.99 Å². The summed E-state index contributed by atoms with van der Waals surface area (Å²) in [6, 6.07) is 22.8. The van der Waals surface area contributed by atoms with Crippen LogP contribution in [-0.4, -0.2) is 62.5 Å². The number of benzene rings is 3. The van der Waals surface area contributed by atoms with Gasteiger partial charge in [0.25, 0.3) is 0 Å². The lowest BCUT2D eigenvalue weighted by atomic mass is 9.88. The van der Waals surface area contributed by atoms with Gasteiger partial charge in [-0.1, -0.05) is 36.0 Å². The Morgan fingerprint density at radius 1 is 0.878 bits per heavy atom. The van der Waals surface area contributed by atoms with Crippen LogP contribution in [0.3, 0.4) is 0 Å². The number of amidine groups is 1.